The summed E-state index contributed by atoms with van der Waals surface area (Å²) in [6.07, 6.45) is 33.9. The van der Waals surface area contributed by atoms with Gasteiger partial charge in [0.05, 0.1) is 25.4 Å². The highest BCUT2D eigenvalue weighted by molar-refractivity contribution is 7.80. The molecule has 14 heteroatoms. The topological polar surface area (TPSA) is 212 Å². The number of rotatable bonds is 43. The lowest BCUT2D eigenvalue weighted by molar-refractivity contribution is -0.298. The smallest absolute Gasteiger partial charge is 0.394 e. The SMILES string of the molecule is CCCCCCCC/C=C\CCCCCCCCC(O)C(=O)NC(COC1OC(CO)C(O)C(OS(=O)(=O)O)C1O)C(O)/C=C/CCCCCCCCCCCCCCCCCC. The summed E-state index contributed by atoms with van der Waals surface area (Å²) in [6.45, 7) is 3.23. The van der Waals surface area contributed by atoms with Crippen molar-refractivity contribution in [2.45, 2.75) is 268 Å². The third-order valence-corrected chi connectivity index (χ3v) is 12.5. The van der Waals surface area contributed by atoms with Crippen molar-refractivity contribution in [1.29, 1.82) is 0 Å². The quantitative estimate of drug-likeness (QED) is 0.0173. The highest BCUT2D eigenvalue weighted by Gasteiger charge is 2.48. The fourth-order valence-corrected chi connectivity index (χ4v) is 8.55. The molecule has 0 aromatic rings. The number of amides is 1. The van der Waals surface area contributed by atoms with Gasteiger partial charge in [0.15, 0.2) is 6.29 Å². The van der Waals surface area contributed by atoms with Crippen molar-refractivity contribution < 1.29 is 57.0 Å². The predicted molar refractivity (Wildman–Crippen MR) is 251 cm³/mol. The zero-order valence-corrected chi connectivity index (χ0v) is 40.3. The zero-order chi connectivity index (χ0) is 46.4. The number of hydrogen-bond acceptors (Lipinski definition) is 11. The maximum absolute atomic E-state index is 13.1. The number of nitrogens with one attached hydrogen (secondary N) is 1. The van der Waals surface area contributed by atoms with Gasteiger partial charge in [-0.05, 0) is 44.9 Å². The lowest BCUT2D eigenvalue weighted by Crippen LogP contribution is -2.61. The van der Waals surface area contributed by atoms with Crippen molar-refractivity contribution in [3.8, 4) is 0 Å². The molecule has 372 valence electrons. The molecule has 1 saturated heterocycles. The van der Waals surface area contributed by atoms with Crippen LogP contribution in [0.5, 0.6) is 0 Å². The Hall–Kier alpha value is -1.46. The standard InChI is InChI=1S/C49H93NO12S/c1-3-5-7-9-11-13-15-17-19-21-22-24-25-27-29-31-33-35-37-42(52)41(40-60-49-46(55)47(62-63(57,58)59)45(54)44(39-51)61-49)50-48(56)43(53)38-36-34-32-30-28-26-23-20-18-16-14-12-10-8-6-4-2/h18,20,35,37,41-47,49,51-55H,3-17,19,21-34,36,38-40H2,1-2H3,(H,50,56)(H,57,58,59)/b20-18-,37-35+. The van der Waals surface area contributed by atoms with Gasteiger partial charge < -0.3 is 40.3 Å². The van der Waals surface area contributed by atoms with Crippen LogP contribution in [-0.4, -0.2) is 107 Å². The highest BCUT2D eigenvalue weighted by Crippen LogP contribution is 2.26. The second-order valence-electron chi connectivity index (χ2n) is 17.9. The van der Waals surface area contributed by atoms with Crippen LogP contribution < -0.4 is 5.32 Å². The first-order valence-electron chi connectivity index (χ1n) is 25.3. The van der Waals surface area contributed by atoms with E-state index in [4.69, 9.17) is 9.47 Å². The van der Waals surface area contributed by atoms with Crippen LogP contribution in [0.2, 0.25) is 0 Å². The average molecular weight is 920 g/mol. The number of allylic oxidation sites excluding steroid dienone is 3. The average Bonchev–Trinajstić information content (AvgIpc) is 3.25. The molecule has 8 unspecified atom stereocenters. The molecule has 7 N–H and O–H groups in total. The van der Waals surface area contributed by atoms with Gasteiger partial charge in [-0.25, -0.2) is 4.18 Å². The monoisotopic (exact) mass is 920 g/mol. The number of carbonyl (C=O) groups is 1. The summed E-state index contributed by atoms with van der Waals surface area (Å²) in [5.74, 6) is -0.706. The molecular weight excluding hydrogens is 827 g/mol. The number of aliphatic hydroxyl groups is 5. The summed E-state index contributed by atoms with van der Waals surface area (Å²) >= 11 is 0. The van der Waals surface area contributed by atoms with Crippen molar-refractivity contribution >= 4 is 16.3 Å². The molecule has 1 heterocycles. The molecule has 1 aliphatic rings. The zero-order valence-electron chi connectivity index (χ0n) is 39.5. The van der Waals surface area contributed by atoms with E-state index in [1.807, 2.05) is 6.08 Å². The molecule has 0 radical (unpaired) electrons. The first-order valence-corrected chi connectivity index (χ1v) is 26.7. The van der Waals surface area contributed by atoms with E-state index in [9.17, 15) is 43.3 Å². The summed E-state index contributed by atoms with van der Waals surface area (Å²) < 4.78 is 47.6. The van der Waals surface area contributed by atoms with Gasteiger partial charge in [0.25, 0.3) is 0 Å². The van der Waals surface area contributed by atoms with E-state index >= 15 is 0 Å². The van der Waals surface area contributed by atoms with Crippen LogP contribution in [0.25, 0.3) is 0 Å². The molecule has 1 rings (SSSR count). The number of aliphatic hydroxyl groups excluding tert-OH is 5. The van der Waals surface area contributed by atoms with Crippen LogP contribution in [0.15, 0.2) is 24.3 Å². The van der Waals surface area contributed by atoms with E-state index in [2.05, 4.69) is 35.5 Å². The predicted octanol–water partition coefficient (Wildman–Crippen LogP) is 9.47. The van der Waals surface area contributed by atoms with Crippen LogP contribution in [-0.2, 0) is 28.9 Å². The van der Waals surface area contributed by atoms with E-state index < -0.39 is 78.5 Å². The van der Waals surface area contributed by atoms with Gasteiger partial charge in [-0.2, -0.15) is 8.42 Å². The van der Waals surface area contributed by atoms with Gasteiger partial charge in [-0.1, -0.05) is 199 Å². The van der Waals surface area contributed by atoms with Crippen molar-refractivity contribution in [2.75, 3.05) is 13.2 Å². The fourth-order valence-electron chi connectivity index (χ4n) is 8.04. The molecule has 8 atom stereocenters. The molecule has 63 heavy (non-hydrogen) atoms. The van der Waals surface area contributed by atoms with Crippen LogP contribution in [0, 0.1) is 0 Å². The van der Waals surface area contributed by atoms with Crippen LogP contribution in [0.3, 0.4) is 0 Å². The Kier molecular flexibility index (Phi) is 37.5. The highest BCUT2D eigenvalue weighted by atomic mass is 32.3. The first kappa shape index (κ1) is 59.6. The van der Waals surface area contributed by atoms with Gasteiger partial charge in [0.1, 0.15) is 30.5 Å². The van der Waals surface area contributed by atoms with Crippen molar-refractivity contribution in [3.63, 3.8) is 0 Å². The minimum absolute atomic E-state index is 0.237. The van der Waals surface area contributed by atoms with E-state index in [0.717, 1.165) is 64.2 Å². The Morgan fingerprint density at radius 3 is 1.48 bits per heavy atom. The minimum atomic E-state index is -5.12. The normalized spacial score (nSPS) is 21.0. The Morgan fingerprint density at radius 1 is 0.635 bits per heavy atom. The van der Waals surface area contributed by atoms with Gasteiger partial charge in [-0.3, -0.25) is 9.35 Å². The van der Waals surface area contributed by atoms with Crippen molar-refractivity contribution in [2.24, 2.45) is 0 Å². The van der Waals surface area contributed by atoms with Crippen molar-refractivity contribution in [3.05, 3.63) is 24.3 Å². The minimum Gasteiger partial charge on any atom is -0.394 e. The molecule has 1 aliphatic heterocycles. The molecule has 0 aliphatic carbocycles. The van der Waals surface area contributed by atoms with E-state index in [1.54, 1.807) is 6.08 Å². The summed E-state index contributed by atoms with van der Waals surface area (Å²) in [5.41, 5.74) is 0. The van der Waals surface area contributed by atoms with E-state index in [-0.39, 0.29) is 6.42 Å². The molecule has 0 aromatic carbocycles. The van der Waals surface area contributed by atoms with Gasteiger partial charge >= 0.3 is 10.4 Å². The summed E-state index contributed by atoms with van der Waals surface area (Å²) in [7, 11) is -5.12. The third-order valence-electron chi connectivity index (χ3n) is 12.1. The Balaban J connectivity index is 2.54. The van der Waals surface area contributed by atoms with Gasteiger partial charge in [0, 0.05) is 0 Å². The number of unbranched alkanes of at least 4 members (excludes halogenated alkanes) is 28. The molecule has 13 nitrogen and oxygen atoms in total. The van der Waals surface area contributed by atoms with E-state index in [1.165, 1.54) is 122 Å². The molecule has 0 bridgehead atoms. The van der Waals surface area contributed by atoms with Crippen LogP contribution in [0.4, 0.5) is 0 Å². The van der Waals surface area contributed by atoms with Gasteiger partial charge in [-0.15, -0.1) is 0 Å². The second-order valence-corrected chi connectivity index (χ2v) is 18.9. The van der Waals surface area contributed by atoms with Crippen LogP contribution in [0.1, 0.15) is 219 Å². The second kappa shape index (κ2) is 39.7. The molecule has 0 spiro atoms. The molecule has 0 saturated carbocycles. The van der Waals surface area contributed by atoms with Crippen LogP contribution >= 0.6 is 0 Å². The largest absolute Gasteiger partial charge is 0.397 e. The fraction of sp³-hybridized carbons (Fsp3) is 0.898. The number of hydrogen-bond donors (Lipinski definition) is 7. The Bertz CT molecular complexity index is 1240. The lowest BCUT2D eigenvalue weighted by atomic mass is 9.99. The van der Waals surface area contributed by atoms with Gasteiger partial charge in [0.2, 0.25) is 5.91 Å². The maximum Gasteiger partial charge on any atom is 0.397 e. The lowest BCUT2D eigenvalue weighted by Gasteiger charge is -2.41. The Labute approximate surface area is 383 Å². The Morgan fingerprint density at radius 2 is 1.05 bits per heavy atom. The summed E-state index contributed by atoms with van der Waals surface area (Å²) in [6, 6.07) is -1.12. The van der Waals surface area contributed by atoms with E-state index in [0.29, 0.717) is 12.8 Å². The van der Waals surface area contributed by atoms with Crippen molar-refractivity contribution in [1.82, 2.24) is 5.32 Å². The molecular formula is C49H93NO12S. The first-order chi connectivity index (χ1) is 30.4. The summed E-state index contributed by atoms with van der Waals surface area (Å²) in [4.78, 5) is 13.1. The molecule has 0 aromatic heterocycles. The number of carbonyl (C=O) groups excluding carboxylic acids is 1. The summed E-state index contributed by atoms with van der Waals surface area (Å²) in [5, 5.41) is 55.3. The third kappa shape index (κ3) is 32.0. The molecule has 1 fully saturated rings. The maximum atomic E-state index is 13.1. The number of ether oxygens (including phenoxy) is 2. The molecule has 1 amide bonds.